The van der Waals surface area contributed by atoms with Crippen molar-refractivity contribution < 1.29 is 9.84 Å². The van der Waals surface area contributed by atoms with Gasteiger partial charge in [0.25, 0.3) is 0 Å². The van der Waals surface area contributed by atoms with Crippen LogP contribution >= 0.6 is 35.6 Å². The fraction of sp³-hybridized carbons (Fsp3) is 0.222. The van der Waals surface area contributed by atoms with Crippen molar-refractivity contribution in [2.75, 3.05) is 6.54 Å². The van der Waals surface area contributed by atoms with Gasteiger partial charge in [0, 0.05) is 5.02 Å². The quantitative estimate of drug-likeness (QED) is 0.796. The zero-order valence-electron chi connectivity index (χ0n) is 7.48. The highest BCUT2D eigenvalue weighted by molar-refractivity contribution is 6.30. The van der Waals surface area contributed by atoms with E-state index in [4.69, 9.17) is 27.9 Å². The van der Waals surface area contributed by atoms with Gasteiger partial charge in [-0.2, -0.15) is 0 Å². The van der Waals surface area contributed by atoms with Crippen molar-refractivity contribution in [3.05, 3.63) is 28.8 Å². The van der Waals surface area contributed by atoms with Crippen LogP contribution in [0.3, 0.4) is 0 Å². The molecule has 0 amide bonds. The first kappa shape index (κ1) is 12.4. The average molecular weight is 269 g/mol. The van der Waals surface area contributed by atoms with E-state index in [-0.39, 0.29) is 18.2 Å². The Kier molecular flexibility index (Phi) is 4.08. The first-order valence-corrected chi connectivity index (χ1v) is 4.82. The van der Waals surface area contributed by atoms with Crippen molar-refractivity contribution in [3.8, 4) is 5.75 Å². The van der Waals surface area contributed by atoms with E-state index < -0.39 is 5.56 Å². The summed E-state index contributed by atoms with van der Waals surface area (Å²) in [6, 6.07) is 4.74. The molecular formula is C9H8Cl3NO2. The lowest BCUT2D eigenvalue weighted by atomic mass is 10.2. The molecule has 0 aromatic heterocycles. The molecule has 1 N–H and O–H groups in total. The highest BCUT2D eigenvalue weighted by Crippen LogP contribution is 2.25. The summed E-state index contributed by atoms with van der Waals surface area (Å²) in [7, 11) is 0. The molecule has 2 rings (SSSR count). The minimum atomic E-state index is -0.444. The molecule has 1 aliphatic rings. The van der Waals surface area contributed by atoms with Crippen molar-refractivity contribution >= 4 is 41.5 Å². The Morgan fingerprint density at radius 2 is 2.20 bits per heavy atom. The van der Waals surface area contributed by atoms with E-state index in [1.54, 1.807) is 12.1 Å². The number of hydrogen-bond acceptors (Lipinski definition) is 3. The van der Waals surface area contributed by atoms with E-state index in [1.165, 1.54) is 6.07 Å². The highest BCUT2D eigenvalue weighted by atomic mass is 35.5. The first-order chi connectivity index (χ1) is 6.66. The maximum atomic E-state index is 9.55. The van der Waals surface area contributed by atoms with E-state index in [0.29, 0.717) is 23.0 Å². The molecule has 1 heterocycles. The number of rotatable bonds is 1. The second kappa shape index (κ2) is 4.92. The fourth-order valence-electron chi connectivity index (χ4n) is 1.18. The average Bonchev–Trinajstić information content (AvgIpc) is 2.51. The third-order valence-corrected chi connectivity index (χ3v) is 2.27. The number of phenolic OH excluding ortho intramolecular Hbond substituents is 1. The van der Waals surface area contributed by atoms with Crippen LogP contribution in [0.5, 0.6) is 5.75 Å². The molecule has 0 aliphatic carbocycles. The summed E-state index contributed by atoms with van der Waals surface area (Å²) in [6.45, 7) is 0.402. The standard InChI is InChI=1S/C9H7Cl2NO2.ClH/c10-5-1-2-6(7(13)3-5)9-12-4-8(11)14-9;/h1-3,8,13H,4H2;1H/t8-;/m1./s1. The number of halogens is 3. The predicted molar refractivity (Wildman–Crippen MR) is 62.5 cm³/mol. The third-order valence-electron chi connectivity index (χ3n) is 1.81. The lowest BCUT2D eigenvalue weighted by Crippen LogP contribution is -2.06. The molecule has 3 nitrogen and oxygen atoms in total. The molecule has 0 saturated carbocycles. The number of aliphatic imine (C=N–C) groups is 1. The Labute approximate surface area is 103 Å². The summed E-state index contributed by atoms with van der Waals surface area (Å²) >= 11 is 11.4. The van der Waals surface area contributed by atoms with Gasteiger partial charge < -0.3 is 9.84 Å². The molecule has 1 aliphatic heterocycles. The van der Waals surface area contributed by atoms with Gasteiger partial charge in [-0.3, -0.25) is 0 Å². The molecule has 0 radical (unpaired) electrons. The number of phenols is 1. The van der Waals surface area contributed by atoms with Crippen LogP contribution in [-0.4, -0.2) is 23.1 Å². The molecular weight excluding hydrogens is 260 g/mol. The molecule has 0 unspecified atom stereocenters. The first-order valence-electron chi connectivity index (χ1n) is 4.01. The Bertz CT molecular complexity index is 395. The highest BCUT2D eigenvalue weighted by Gasteiger charge is 2.20. The van der Waals surface area contributed by atoms with Gasteiger partial charge in [0.1, 0.15) is 5.75 Å². The summed E-state index contributed by atoms with van der Waals surface area (Å²) in [5, 5.41) is 10.0. The van der Waals surface area contributed by atoms with Crippen LogP contribution in [-0.2, 0) is 4.74 Å². The molecule has 82 valence electrons. The Balaban J connectivity index is 0.00000112. The minimum Gasteiger partial charge on any atom is -0.507 e. The number of alkyl halides is 1. The SMILES string of the molecule is Cl.Oc1cc(Cl)ccc1C1=NC[C@H](Cl)O1. The smallest absolute Gasteiger partial charge is 0.221 e. The van der Waals surface area contributed by atoms with Gasteiger partial charge in [0.15, 0.2) is 5.56 Å². The number of hydrogen-bond donors (Lipinski definition) is 1. The molecule has 6 heteroatoms. The largest absolute Gasteiger partial charge is 0.507 e. The Morgan fingerprint density at radius 3 is 2.73 bits per heavy atom. The number of nitrogens with zero attached hydrogens (tertiary/aromatic N) is 1. The lowest BCUT2D eigenvalue weighted by molar-refractivity contribution is 0.306. The topological polar surface area (TPSA) is 41.8 Å². The van der Waals surface area contributed by atoms with E-state index in [1.807, 2.05) is 0 Å². The maximum Gasteiger partial charge on any atom is 0.221 e. The third kappa shape index (κ3) is 2.68. The van der Waals surface area contributed by atoms with E-state index in [0.717, 1.165) is 0 Å². The van der Waals surface area contributed by atoms with Gasteiger partial charge in [0.05, 0.1) is 12.1 Å². The van der Waals surface area contributed by atoms with Crippen molar-refractivity contribution in [2.24, 2.45) is 4.99 Å². The Hall–Kier alpha value is -0.640. The normalized spacial score (nSPS) is 19.1. The van der Waals surface area contributed by atoms with E-state index >= 15 is 0 Å². The van der Waals surface area contributed by atoms with Gasteiger partial charge in [0.2, 0.25) is 5.90 Å². The molecule has 1 aromatic carbocycles. The van der Waals surface area contributed by atoms with Gasteiger partial charge in [-0.15, -0.1) is 12.4 Å². The minimum absolute atomic E-state index is 0. The van der Waals surface area contributed by atoms with Crippen molar-refractivity contribution in [3.63, 3.8) is 0 Å². The van der Waals surface area contributed by atoms with Crippen LogP contribution in [0.2, 0.25) is 5.02 Å². The number of benzene rings is 1. The molecule has 1 aromatic rings. The molecule has 15 heavy (non-hydrogen) atoms. The van der Waals surface area contributed by atoms with Crippen molar-refractivity contribution in [1.82, 2.24) is 0 Å². The van der Waals surface area contributed by atoms with Crippen LogP contribution < -0.4 is 0 Å². The van der Waals surface area contributed by atoms with E-state index in [9.17, 15) is 5.11 Å². The van der Waals surface area contributed by atoms with Crippen molar-refractivity contribution in [2.45, 2.75) is 5.56 Å². The van der Waals surface area contributed by atoms with Crippen molar-refractivity contribution in [1.29, 1.82) is 0 Å². The molecule has 1 atom stereocenters. The van der Waals surface area contributed by atoms with Crippen LogP contribution in [0.1, 0.15) is 5.56 Å². The summed E-state index contributed by atoms with van der Waals surface area (Å²) in [6.07, 6.45) is 0. The molecule has 0 bridgehead atoms. The monoisotopic (exact) mass is 267 g/mol. The summed E-state index contributed by atoms with van der Waals surface area (Å²) < 4.78 is 5.18. The predicted octanol–water partition coefficient (Wildman–Crippen LogP) is 2.81. The Morgan fingerprint density at radius 1 is 1.47 bits per heavy atom. The second-order valence-corrected chi connectivity index (χ2v) is 3.76. The van der Waals surface area contributed by atoms with Crippen LogP contribution in [0.25, 0.3) is 0 Å². The summed E-state index contributed by atoms with van der Waals surface area (Å²) in [4.78, 5) is 4.04. The number of ether oxygens (including phenoxy) is 1. The van der Waals surface area contributed by atoms with Crippen LogP contribution in [0, 0.1) is 0 Å². The summed E-state index contributed by atoms with van der Waals surface area (Å²) in [5.74, 6) is 0.404. The molecule has 0 spiro atoms. The number of aromatic hydroxyl groups is 1. The summed E-state index contributed by atoms with van der Waals surface area (Å²) in [5.41, 5.74) is 0.0672. The van der Waals surface area contributed by atoms with Gasteiger partial charge in [-0.25, -0.2) is 4.99 Å². The zero-order chi connectivity index (χ0) is 10.1. The zero-order valence-corrected chi connectivity index (χ0v) is 9.81. The van der Waals surface area contributed by atoms with Gasteiger partial charge in [-0.05, 0) is 18.2 Å². The van der Waals surface area contributed by atoms with Gasteiger partial charge >= 0.3 is 0 Å². The molecule has 0 fully saturated rings. The maximum absolute atomic E-state index is 9.55. The van der Waals surface area contributed by atoms with Crippen LogP contribution in [0.15, 0.2) is 23.2 Å². The lowest BCUT2D eigenvalue weighted by Gasteiger charge is -2.06. The fourth-order valence-corrected chi connectivity index (χ4v) is 1.50. The van der Waals surface area contributed by atoms with Crippen LogP contribution in [0.4, 0.5) is 0 Å². The second-order valence-electron chi connectivity index (χ2n) is 2.84. The molecule has 0 saturated heterocycles. The van der Waals surface area contributed by atoms with Gasteiger partial charge in [-0.1, -0.05) is 23.2 Å². The van der Waals surface area contributed by atoms with E-state index in [2.05, 4.69) is 4.99 Å².